The van der Waals surface area contributed by atoms with E-state index in [9.17, 15) is 9.59 Å². The van der Waals surface area contributed by atoms with Crippen LogP contribution in [0.2, 0.25) is 0 Å². The van der Waals surface area contributed by atoms with Gasteiger partial charge in [-0.25, -0.2) is 4.98 Å². The number of hydrogen-bond donors (Lipinski definition) is 2. The summed E-state index contributed by atoms with van der Waals surface area (Å²) >= 11 is 0. The van der Waals surface area contributed by atoms with E-state index in [0.29, 0.717) is 18.9 Å². The zero-order chi connectivity index (χ0) is 11.5. The van der Waals surface area contributed by atoms with Crippen molar-refractivity contribution in [3.05, 3.63) is 12.2 Å². The minimum Gasteiger partial charge on any atom is -0.298 e. The van der Waals surface area contributed by atoms with Gasteiger partial charge in [-0.3, -0.25) is 24.9 Å². The predicted molar refractivity (Wildman–Crippen MR) is 54.0 cm³/mol. The number of carbonyl (C=O) groups excluding carboxylic acids is 2. The van der Waals surface area contributed by atoms with E-state index >= 15 is 0 Å². The van der Waals surface area contributed by atoms with Gasteiger partial charge in [-0.05, 0) is 6.92 Å². The van der Waals surface area contributed by atoms with Crippen LogP contribution < -0.4 is 5.32 Å². The third-order valence-electron chi connectivity index (χ3n) is 2.54. The monoisotopic (exact) mass is 223 g/mol. The molecule has 0 bridgehead atoms. The van der Waals surface area contributed by atoms with E-state index in [2.05, 4.69) is 20.5 Å². The van der Waals surface area contributed by atoms with Crippen molar-refractivity contribution in [2.24, 2.45) is 0 Å². The van der Waals surface area contributed by atoms with Crippen molar-refractivity contribution in [1.29, 1.82) is 0 Å². The van der Waals surface area contributed by atoms with Crippen LogP contribution in [0, 0.1) is 0 Å². The van der Waals surface area contributed by atoms with Crippen LogP contribution in [0.15, 0.2) is 6.33 Å². The maximum absolute atomic E-state index is 11.7. The molecule has 2 heterocycles. The quantitative estimate of drug-likeness (QED) is 0.642. The van der Waals surface area contributed by atoms with Crippen LogP contribution in [-0.2, 0) is 16.1 Å². The number of rotatable bonds is 4. The van der Waals surface area contributed by atoms with Crippen molar-refractivity contribution >= 4 is 11.8 Å². The number of carbonyl (C=O) groups is 2. The average Bonchev–Trinajstić information content (AvgIpc) is 2.85. The van der Waals surface area contributed by atoms with Crippen molar-refractivity contribution < 1.29 is 9.59 Å². The third-order valence-corrected chi connectivity index (χ3v) is 2.54. The highest BCUT2D eigenvalue weighted by Crippen LogP contribution is 2.12. The standard InChI is InChI=1S/C9H13N5O2/c1-2-14-8(15)3-6(9(14)16)10-4-7-11-5-12-13-7/h5-6,10H,2-4H2,1H3,(H,11,12,13). The average molecular weight is 223 g/mol. The van der Waals surface area contributed by atoms with Gasteiger partial charge in [-0.1, -0.05) is 0 Å². The Morgan fingerprint density at radius 2 is 2.44 bits per heavy atom. The lowest BCUT2D eigenvalue weighted by Gasteiger charge is -2.12. The highest BCUT2D eigenvalue weighted by atomic mass is 16.2. The highest BCUT2D eigenvalue weighted by molar-refractivity contribution is 6.05. The van der Waals surface area contributed by atoms with Crippen molar-refractivity contribution in [2.45, 2.75) is 25.9 Å². The van der Waals surface area contributed by atoms with Crippen LogP contribution in [0.5, 0.6) is 0 Å². The third kappa shape index (κ3) is 1.94. The van der Waals surface area contributed by atoms with Crippen molar-refractivity contribution in [3.8, 4) is 0 Å². The molecule has 7 heteroatoms. The molecular formula is C9H13N5O2. The molecule has 0 spiro atoms. The number of hydrogen-bond acceptors (Lipinski definition) is 5. The fraction of sp³-hybridized carbons (Fsp3) is 0.556. The zero-order valence-electron chi connectivity index (χ0n) is 8.93. The summed E-state index contributed by atoms with van der Waals surface area (Å²) < 4.78 is 0. The van der Waals surface area contributed by atoms with Gasteiger partial charge in [0.1, 0.15) is 12.2 Å². The second-order valence-electron chi connectivity index (χ2n) is 3.55. The molecule has 2 rings (SSSR count). The Bertz CT molecular complexity index is 389. The van der Waals surface area contributed by atoms with Gasteiger partial charge in [0.25, 0.3) is 0 Å². The van der Waals surface area contributed by atoms with Gasteiger partial charge in [0.15, 0.2) is 0 Å². The lowest BCUT2D eigenvalue weighted by molar-refractivity contribution is -0.138. The number of amides is 2. The van der Waals surface area contributed by atoms with Gasteiger partial charge < -0.3 is 0 Å². The van der Waals surface area contributed by atoms with Crippen molar-refractivity contribution in [2.75, 3.05) is 6.54 Å². The van der Waals surface area contributed by atoms with E-state index in [1.165, 1.54) is 11.2 Å². The molecule has 1 aliphatic heterocycles. The minimum atomic E-state index is -0.433. The molecule has 1 unspecified atom stereocenters. The molecule has 2 N–H and O–H groups in total. The molecule has 0 radical (unpaired) electrons. The van der Waals surface area contributed by atoms with Gasteiger partial charge in [0.2, 0.25) is 11.8 Å². The summed E-state index contributed by atoms with van der Waals surface area (Å²) in [5.74, 6) is 0.366. The van der Waals surface area contributed by atoms with E-state index in [4.69, 9.17) is 0 Å². The van der Waals surface area contributed by atoms with E-state index in [1.54, 1.807) is 6.92 Å². The smallest absolute Gasteiger partial charge is 0.246 e. The molecular weight excluding hydrogens is 210 g/mol. The maximum atomic E-state index is 11.7. The Hall–Kier alpha value is -1.76. The normalized spacial score (nSPS) is 20.8. The molecule has 1 saturated heterocycles. The number of likely N-dealkylation sites (N-methyl/N-ethyl adjacent to an activating group) is 1. The molecule has 1 atom stereocenters. The van der Waals surface area contributed by atoms with Crippen LogP contribution in [-0.4, -0.2) is 44.5 Å². The number of H-pyrrole nitrogens is 1. The molecule has 1 aromatic rings. The number of imide groups is 1. The Morgan fingerprint density at radius 3 is 3.00 bits per heavy atom. The summed E-state index contributed by atoms with van der Waals surface area (Å²) in [6, 6.07) is -0.433. The van der Waals surface area contributed by atoms with Gasteiger partial charge in [0.05, 0.1) is 19.0 Å². The number of aromatic amines is 1. The first-order valence-electron chi connectivity index (χ1n) is 5.14. The molecule has 0 aliphatic carbocycles. The zero-order valence-corrected chi connectivity index (χ0v) is 8.93. The molecule has 1 aromatic heterocycles. The lowest BCUT2D eigenvalue weighted by Crippen LogP contribution is -2.38. The summed E-state index contributed by atoms with van der Waals surface area (Å²) in [5, 5.41) is 9.36. The van der Waals surface area contributed by atoms with E-state index < -0.39 is 6.04 Å². The van der Waals surface area contributed by atoms with Crippen LogP contribution >= 0.6 is 0 Å². The van der Waals surface area contributed by atoms with Gasteiger partial charge in [0, 0.05) is 6.54 Å². The summed E-state index contributed by atoms with van der Waals surface area (Å²) in [6.07, 6.45) is 1.62. The highest BCUT2D eigenvalue weighted by Gasteiger charge is 2.37. The first-order valence-corrected chi connectivity index (χ1v) is 5.14. The molecule has 0 saturated carbocycles. The Kier molecular flexibility index (Phi) is 2.95. The first-order chi connectivity index (χ1) is 7.72. The minimum absolute atomic E-state index is 0.123. The Morgan fingerprint density at radius 1 is 1.62 bits per heavy atom. The summed E-state index contributed by atoms with van der Waals surface area (Å²) in [6.45, 7) is 2.62. The molecule has 0 aromatic carbocycles. The number of aromatic nitrogens is 3. The number of nitrogens with zero attached hydrogens (tertiary/aromatic N) is 3. The first kappa shape index (κ1) is 10.7. The molecule has 7 nitrogen and oxygen atoms in total. The van der Waals surface area contributed by atoms with Crippen LogP contribution in [0.4, 0.5) is 0 Å². The second kappa shape index (κ2) is 4.40. The molecule has 86 valence electrons. The largest absolute Gasteiger partial charge is 0.298 e. The van der Waals surface area contributed by atoms with Gasteiger partial charge in [-0.15, -0.1) is 0 Å². The van der Waals surface area contributed by atoms with Gasteiger partial charge >= 0.3 is 0 Å². The molecule has 1 aliphatic rings. The Balaban J connectivity index is 1.92. The maximum Gasteiger partial charge on any atom is 0.246 e. The number of likely N-dealkylation sites (tertiary alicyclic amines) is 1. The predicted octanol–water partition coefficient (Wildman–Crippen LogP) is -0.958. The molecule has 1 fully saturated rings. The summed E-state index contributed by atoms with van der Waals surface area (Å²) in [7, 11) is 0. The fourth-order valence-electron chi connectivity index (χ4n) is 1.71. The lowest BCUT2D eigenvalue weighted by atomic mass is 10.2. The number of nitrogens with one attached hydrogen (secondary N) is 2. The summed E-state index contributed by atoms with van der Waals surface area (Å²) in [5.41, 5.74) is 0. The van der Waals surface area contributed by atoms with Gasteiger partial charge in [-0.2, -0.15) is 5.10 Å². The van der Waals surface area contributed by atoms with Crippen molar-refractivity contribution in [3.63, 3.8) is 0 Å². The SMILES string of the molecule is CCN1C(=O)CC(NCc2ncn[nH]2)C1=O. The van der Waals surface area contributed by atoms with Crippen LogP contribution in [0.1, 0.15) is 19.2 Å². The summed E-state index contributed by atoms with van der Waals surface area (Å²) in [4.78, 5) is 28.3. The second-order valence-corrected chi connectivity index (χ2v) is 3.55. The molecule has 16 heavy (non-hydrogen) atoms. The van der Waals surface area contributed by atoms with Crippen LogP contribution in [0.3, 0.4) is 0 Å². The Labute approximate surface area is 92.2 Å². The van der Waals surface area contributed by atoms with E-state index in [0.717, 1.165) is 0 Å². The fourth-order valence-corrected chi connectivity index (χ4v) is 1.71. The topological polar surface area (TPSA) is 91.0 Å². The molecule has 2 amide bonds. The van der Waals surface area contributed by atoms with Crippen molar-refractivity contribution in [1.82, 2.24) is 25.4 Å². The van der Waals surface area contributed by atoms with Crippen LogP contribution in [0.25, 0.3) is 0 Å². The van der Waals surface area contributed by atoms with E-state index in [1.807, 2.05) is 0 Å². The van der Waals surface area contributed by atoms with E-state index in [-0.39, 0.29) is 18.2 Å².